The molecule has 1 aromatic carbocycles. The molecule has 0 fully saturated rings. The van der Waals surface area contributed by atoms with Gasteiger partial charge >= 0.3 is 0 Å². The zero-order chi connectivity index (χ0) is 9.26. The van der Waals surface area contributed by atoms with Crippen molar-refractivity contribution in [3.8, 4) is 5.75 Å². The average molecular weight is 178 g/mol. The van der Waals surface area contributed by atoms with Crippen molar-refractivity contribution in [1.29, 1.82) is 0 Å². The van der Waals surface area contributed by atoms with Crippen LogP contribution < -0.4 is 4.74 Å². The van der Waals surface area contributed by atoms with E-state index in [0.29, 0.717) is 19.3 Å². The standard InChI is InChI=1S/C11H14O2/c1-8(2)9-3-4-11-10(5-9)6-12-7-13-11/h3-5,8H,6-7H2,1-2H3. The van der Waals surface area contributed by atoms with E-state index in [-0.39, 0.29) is 0 Å². The number of hydrogen-bond acceptors (Lipinski definition) is 2. The minimum Gasteiger partial charge on any atom is -0.467 e. The first-order valence-corrected chi connectivity index (χ1v) is 4.61. The normalized spacial score (nSPS) is 15.3. The number of ether oxygens (including phenoxy) is 2. The predicted molar refractivity (Wildman–Crippen MR) is 50.8 cm³/mol. The van der Waals surface area contributed by atoms with Crippen LogP contribution in [0.5, 0.6) is 5.75 Å². The highest BCUT2D eigenvalue weighted by Gasteiger charge is 2.11. The van der Waals surface area contributed by atoms with Gasteiger partial charge in [0, 0.05) is 5.56 Å². The van der Waals surface area contributed by atoms with E-state index in [2.05, 4.69) is 26.0 Å². The predicted octanol–water partition coefficient (Wildman–Crippen LogP) is 2.68. The van der Waals surface area contributed by atoms with Gasteiger partial charge < -0.3 is 9.47 Å². The molecular weight excluding hydrogens is 164 g/mol. The molecule has 0 saturated heterocycles. The number of benzene rings is 1. The Kier molecular flexibility index (Phi) is 2.23. The van der Waals surface area contributed by atoms with Crippen LogP contribution in [0.2, 0.25) is 0 Å². The molecule has 0 unspecified atom stereocenters. The quantitative estimate of drug-likeness (QED) is 0.658. The highest BCUT2D eigenvalue weighted by Crippen LogP contribution is 2.27. The molecule has 70 valence electrons. The Morgan fingerprint density at radius 2 is 2.15 bits per heavy atom. The van der Waals surface area contributed by atoms with Gasteiger partial charge in [-0.05, 0) is 23.6 Å². The smallest absolute Gasteiger partial charge is 0.189 e. The molecule has 0 amide bonds. The van der Waals surface area contributed by atoms with Crippen LogP contribution in [0.15, 0.2) is 18.2 Å². The average Bonchev–Trinajstić information content (AvgIpc) is 2.17. The van der Waals surface area contributed by atoms with Crippen LogP contribution >= 0.6 is 0 Å². The van der Waals surface area contributed by atoms with Crippen molar-refractivity contribution >= 4 is 0 Å². The largest absolute Gasteiger partial charge is 0.467 e. The van der Waals surface area contributed by atoms with E-state index in [1.807, 2.05) is 6.07 Å². The topological polar surface area (TPSA) is 18.5 Å². The van der Waals surface area contributed by atoms with Crippen LogP contribution in [-0.4, -0.2) is 6.79 Å². The molecule has 0 saturated carbocycles. The first-order valence-electron chi connectivity index (χ1n) is 4.61. The number of rotatable bonds is 1. The number of hydrogen-bond donors (Lipinski definition) is 0. The maximum absolute atomic E-state index is 5.34. The minimum absolute atomic E-state index is 0.383. The third kappa shape index (κ3) is 1.68. The zero-order valence-electron chi connectivity index (χ0n) is 8.04. The SMILES string of the molecule is CC(C)c1ccc2c(c1)COCO2. The molecule has 0 aromatic heterocycles. The van der Waals surface area contributed by atoms with Gasteiger partial charge in [0.25, 0.3) is 0 Å². The Labute approximate surface area is 78.5 Å². The Hall–Kier alpha value is -1.02. The van der Waals surface area contributed by atoms with Crippen LogP contribution in [0, 0.1) is 0 Å². The summed E-state index contributed by atoms with van der Waals surface area (Å²) in [5, 5.41) is 0. The van der Waals surface area contributed by atoms with Crippen molar-refractivity contribution in [3.63, 3.8) is 0 Å². The second kappa shape index (κ2) is 3.38. The highest BCUT2D eigenvalue weighted by atomic mass is 16.7. The maximum Gasteiger partial charge on any atom is 0.189 e. The van der Waals surface area contributed by atoms with Crippen molar-refractivity contribution in [2.75, 3.05) is 6.79 Å². The van der Waals surface area contributed by atoms with Crippen LogP contribution in [0.1, 0.15) is 30.9 Å². The molecule has 13 heavy (non-hydrogen) atoms. The van der Waals surface area contributed by atoms with Crippen molar-refractivity contribution in [2.45, 2.75) is 26.4 Å². The minimum atomic E-state index is 0.383. The van der Waals surface area contributed by atoms with Gasteiger partial charge in [-0.15, -0.1) is 0 Å². The van der Waals surface area contributed by atoms with Gasteiger partial charge in [-0.2, -0.15) is 0 Å². The lowest BCUT2D eigenvalue weighted by molar-refractivity contribution is -0.0164. The van der Waals surface area contributed by atoms with Gasteiger partial charge in [-0.25, -0.2) is 0 Å². The summed E-state index contributed by atoms with van der Waals surface area (Å²) >= 11 is 0. The van der Waals surface area contributed by atoms with E-state index >= 15 is 0 Å². The summed E-state index contributed by atoms with van der Waals surface area (Å²) in [6.07, 6.45) is 0. The van der Waals surface area contributed by atoms with Gasteiger partial charge in [0.15, 0.2) is 6.79 Å². The monoisotopic (exact) mass is 178 g/mol. The van der Waals surface area contributed by atoms with E-state index in [1.165, 1.54) is 5.56 Å². The molecule has 2 rings (SSSR count). The first kappa shape index (κ1) is 8.57. The molecule has 0 aliphatic carbocycles. The lowest BCUT2D eigenvalue weighted by Gasteiger charge is -2.19. The summed E-state index contributed by atoms with van der Waals surface area (Å²) in [6.45, 7) is 5.43. The van der Waals surface area contributed by atoms with Gasteiger partial charge in [0.1, 0.15) is 5.75 Å². The molecule has 0 N–H and O–H groups in total. The lowest BCUT2D eigenvalue weighted by Crippen LogP contribution is -2.11. The number of fused-ring (bicyclic) bond motifs is 1. The third-order valence-corrected chi connectivity index (χ3v) is 2.31. The fraction of sp³-hybridized carbons (Fsp3) is 0.455. The fourth-order valence-electron chi connectivity index (χ4n) is 1.47. The summed E-state index contributed by atoms with van der Waals surface area (Å²) < 4.78 is 10.5. The summed E-state index contributed by atoms with van der Waals surface area (Å²) in [5.74, 6) is 1.53. The first-order chi connectivity index (χ1) is 6.27. The lowest BCUT2D eigenvalue weighted by atomic mass is 10.0. The zero-order valence-corrected chi connectivity index (χ0v) is 8.04. The Bertz CT molecular complexity index is 305. The van der Waals surface area contributed by atoms with E-state index < -0.39 is 0 Å². The summed E-state index contributed by atoms with van der Waals surface area (Å²) in [4.78, 5) is 0. The summed E-state index contributed by atoms with van der Waals surface area (Å²) in [6, 6.07) is 6.32. The van der Waals surface area contributed by atoms with Gasteiger partial charge in [0.2, 0.25) is 0 Å². The highest BCUT2D eigenvalue weighted by molar-refractivity contribution is 5.38. The Morgan fingerprint density at radius 3 is 2.92 bits per heavy atom. The van der Waals surface area contributed by atoms with Crippen molar-refractivity contribution in [3.05, 3.63) is 29.3 Å². The molecule has 0 radical (unpaired) electrons. The molecule has 1 heterocycles. The second-order valence-electron chi connectivity index (χ2n) is 3.63. The Balaban J connectivity index is 2.35. The van der Waals surface area contributed by atoms with Gasteiger partial charge in [-0.3, -0.25) is 0 Å². The van der Waals surface area contributed by atoms with Crippen LogP contribution in [0.25, 0.3) is 0 Å². The van der Waals surface area contributed by atoms with Crippen molar-refractivity contribution < 1.29 is 9.47 Å². The molecule has 0 bridgehead atoms. The van der Waals surface area contributed by atoms with E-state index in [4.69, 9.17) is 9.47 Å². The third-order valence-electron chi connectivity index (χ3n) is 2.31. The van der Waals surface area contributed by atoms with Crippen molar-refractivity contribution in [2.24, 2.45) is 0 Å². The molecule has 1 aliphatic rings. The van der Waals surface area contributed by atoms with Crippen LogP contribution in [-0.2, 0) is 11.3 Å². The van der Waals surface area contributed by atoms with E-state index in [1.54, 1.807) is 0 Å². The molecule has 0 atom stereocenters. The Morgan fingerprint density at radius 1 is 1.31 bits per heavy atom. The maximum atomic E-state index is 5.34. The molecule has 1 aromatic rings. The van der Waals surface area contributed by atoms with Crippen LogP contribution in [0.3, 0.4) is 0 Å². The molecule has 2 heteroatoms. The fourth-order valence-corrected chi connectivity index (χ4v) is 1.47. The summed E-state index contributed by atoms with van der Waals surface area (Å²) in [5.41, 5.74) is 2.50. The van der Waals surface area contributed by atoms with Gasteiger partial charge in [-0.1, -0.05) is 19.9 Å². The van der Waals surface area contributed by atoms with Gasteiger partial charge in [0.05, 0.1) is 6.61 Å². The second-order valence-corrected chi connectivity index (χ2v) is 3.63. The van der Waals surface area contributed by atoms with E-state index in [0.717, 1.165) is 11.3 Å². The summed E-state index contributed by atoms with van der Waals surface area (Å²) in [7, 11) is 0. The van der Waals surface area contributed by atoms with Crippen LogP contribution in [0.4, 0.5) is 0 Å². The molecule has 0 spiro atoms. The molecule has 1 aliphatic heterocycles. The molecule has 2 nitrogen and oxygen atoms in total. The van der Waals surface area contributed by atoms with E-state index in [9.17, 15) is 0 Å². The molecular formula is C11H14O2. The van der Waals surface area contributed by atoms with Crippen molar-refractivity contribution in [1.82, 2.24) is 0 Å².